The van der Waals surface area contributed by atoms with E-state index in [-0.39, 0.29) is 6.42 Å². The minimum atomic E-state index is -0.809. The molecule has 0 unspecified atom stereocenters. The number of benzene rings is 1. The molecule has 19 heavy (non-hydrogen) atoms. The smallest absolute Gasteiger partial charge is 0.308 e. The van der Waals surface area contributed by atoms with Gasteiger partial charge in [0.1, 0.15) is 5.01 Å². The molecule has 0 radical (unpaired) electrons. The van der Waals surface area contributed by atoms with E-state index in [0.717, 1.165) is 34.0 Å². The number of carbonyl (C=O) groups is 1. The van der Waals surface area contributed by atoms with E-state index in [1.165, 1.54) is 11.3 Å². The minimum absolute atomic E-state index is 0.0496. The van der Waals surface area contributed by atoms with Gasteiger partial charge in [0.2, 0.25) is 0 Å². The maximum Gasteiger partial charge on any atom is 0.308 e. The molecule has 98 valence electrons. The molecule has 0 atom stereocenters. The zero-order valence-corrected chi connectivity index (χ0v) is 11.7. The molecule has 3 nitrogen and oxygen atoms in total. The van der Waals surface area contributed by atoms with Crippen molar-refractivity contribution in [1.29, 1.82) is 0 Å². The van der Waals surface area contributed by atoms with Gasteiger partial charge in [0.15, 0.2) is 0 Å². The molecule has 0 bridgehead atoms. The number of carboxylic acids is 1. The molecule has 1 saturated carbocycles. The van der Waals surface area contributed by atoms with Crippen LogP contribution in [0.4, 0.5) is 0 Å². The molecule has 1 aliphatic carbocycles. The van der Waals surface area contributed by atoms with Gasteiger partial charge in [0.05, 0.1) is 17.1 Å². The van der Waals surface area contributed by atoms with Crippen LogP contribution >= 0.6 is 22.9 Å². The Morgan fingerprint density at radius 2 is 2.16 bits per heavy atom. The molecule has 1 heterocycles. The van der Waals surface area contributed by atoms with E-state index in [1.807, 2.05) is 24.3 Å². The number of thiazole rings is 1. The summed E-state index contributed by atoms with van der Waals surface area (Å²) in [4.78, 5) is 16.4. The molecule has 0 amide bonds. The van der Waals surface area contributed by atoms with Gasteiger partial charge in [-0.15, -0.1) is 11.3 Å². The lowest BCUT2D eigenvalue weighted by atomic mass is 10.2. The van der Waals surface area contributed by atoms with Gasteiger partial charge in [-0.3, -0.25) is 4.79 Å². The van der Waals surface area contributed by atoms with Gasteiger partial charge in [0.25, 0.3) is 0 Å². The van der Waals surface area contributed by atoms with Crippen LogP contribution in [-0.4, -0.2) is 16.1 Å². The number of halogens is 1. The molecule has 0 saturated heterocycles. The average molecular weight is 294 g/mol. The van der Waals surface area contributed by atoms with Gasteiger partial charge in [-0.05, 0) is 18.9 Å². The second-order valence-electron chi connectivity index (χ2n) is 4.65. The highest BCUT2D eigenvalue weighted by Gasteiger charge is 2.30. The monoisotopic (exact) mass is 293 g/mol. The maximum atomic E-state index is 10.9. The number of hydrogen-bond donors (Lipinski definition) is 1. The van der Waals surface area contributed by atoms with E-state index in [2.05, 4.69) is 4.98 Å². The van der Waals surface area contributed by atoms with Crippen LogP contribution in [0, 0.1) is 0 Å². The predicted octanol–water partition coefficient (Wildman–Crippen LogP) is 3.97. The van der Waals surface area contributed by atoms with E-state index in [4.69, 9.17) is 16.7 Å². The Bertz CT molecular complexity index is 634. The Kier molecular flexibility index (Phi) is 3.29. The second-order valence-corrected chi connectivity index (χ2v) is 6.14. The molecule has 2 aromatic rings. The largest absolute Gasteiger partial charge is 0.481 e. The van der Waals surface area contributed by atoms with E-state index >= 15 is 0 Å². The van der Waals surface area contributed by atoms with Crippen LogP contribution in [0.25, 0.3) is 10.6 Å². The lowest BCUT2D eigenvalue weighted by Crippen LogP contribution is -2.00. The molecule has 5 heteroatoms. The molecule has 1 aliphatic rings. The van der Waals surface area contributed by atoms with Crippen LogP contribution in [0.1, 0.15) is 29.3 Å². The first-order chi connectivity index (χ1) is 9.15. The van der Waals surface area contributed by atoms with Gasteiger partial charge >= 0.3 is 5.97 Å². The van der Waals surface area contributed by atoms with Crippen molar-refractivity contribution in [3.8, 4) is 10.6 Å². The summed E-state index contributed by atoms with van der Waals surface area (Å²) in [5.41, 5.74) is 1.84. The highest BCUT2D eigenvalue weighted by molar-refractivity contribution is 7.15. The molecule has 0 aliphatic heterocycles. The summed E-state index contributed by atoms with van der Waals surface area (Å²) < 4.78 is 0. The van der Waals surface area contributed by atoms with Crippen LogP contribution in [-0.2, 0) is 11.2 Å². The van der Waals surface area contributed by atoms with Gasteiger partial charge in [-0.2, -0.15) is 0 Å². The third kappa shape index (κ3) is 2.65. The van der Waals surface area contributed by atoms with Crippen LogP contribution in [0.15, 0.2) is 24.3 Å². The summed E-state index contributed by atoms with van der Waals surface area (Å²) in [7, 11) is 0. The van der Waals surface area contributed by atoms with Gasteiger partial charge < -0.3 is 5.11 Å². The third-order valence-electron chi connectivity index (χ3n) is 3.11. The SMILES string of the molecule is O=C(O)Cc1sc(-c2ccccc2Cl)nc1C1CC1. The summed E-state index contributed by atoms with van der Waals surface area (Å²) in [6.45, 7) is 0. The Morgan fingerprint density at radius 1 is 1.42 bits per heavy atom. The third-order valence-corrected chi connectivity index (χ3v) is 4.54. The maximum absolute atomic E-state index is 10.9. The first-order valence-corrected chi connectivity index (χ1v) is 7.31. The molecule has 1 aromatic carbocycles. The quantitative estimate of drug-likeness (QED) is 0.928. The normalized spacial score (nSPS) is 14.6. The molecular formula is C14H12ClNO2S. The minimum Gasteiger partial charge on any atom is -0.481 e. The van der Waals surface area contributed by atoms with Crippen LogP contribution in [0.5, 0.6) is 0 Å². The van der Waals surface area contributed by atoms with E-state index in [0.29, 0.717) is 10.9 Å². The zero-order valence-electron chi connectivity index (χ0n) is 10.1. The number of carboxylic acid groups (broad SMARTS) is 1. The van der Waals surface area contributed by atoms with Crippen molar-refractivity contribution in [3.05, 3.63) is 39.9 Å². The molecule has 1 fully saturated rings. The van der Waals surface area contributed by atoms with Crippen LogP contribution in [0.2, 0.25) is 5.02 Å². The van der Waals surface area contributed by atoms with Crippen LogP contribution < -0.4 is 0 Å². The zero-order chi connectivity index (χ0) is 13.4. The summed E-state index contributed by atoms with van der Waals surface area (Å²) in [6.07, 6.45) is 2.27. The summed E-state index contributed by atoms with van der Waals surface area (Å²) in [5, 5.41) is 10.5. The van der Waals surface area contributed by atoms with Crippen molar-refractivity contribution in [2.24, 2.45) is 0 Å². The van der Waals surface area contributed by atoms with Gasteiger partial charge in [0, 0.05) is 16.4 Å². The Balaban J connectivity index is 2.03. The fourth-order valence-electron chi connectivity index (χ4n) is 2.05. The van der Waals surface area contributed by atoms with Crippen molar-refractivity contribution >= 4 is 28.9 Å². The van der Waals surface area contributed by atoms with Gasteiger partial charge in [-0.1, -0.05) is 29.8 Å². The number of rotatable bonds is 4. The highest BCUT2D eigenvalue weighted by Crippen LogP contribution is 2.45. The van der Waals surface area contributed by atoms with Crippen molar-refractivity contribution in [1.82, 2.24) is 4.98 Å². The predicted molar refractivity (Wildman–Crippen MR) is 75.9 cm³/mol. The first kappa shape index (κ1) is 12.6. The standard InChI is InChI=1S/C14H12ClNO2S/c15-10-4-2-1-3-9(10)14-16-13(8-5-6-8)11(19-14)7-12(17)18/h1-4,8H,5-7H2,(H,17,18). The summed E-state index contributed by atoms with van der Waals surface area (Å²) in [6, 6.07) is 7.53. The van der Waals surface area contributed by atoms with Crippen molar-refractivity contribution in [2.45, 2.75) is 25.2 Å². The molecule has 3 rings (SSSR count). The van der Waals surface area contributed by atoms with Crippen molar-refractivity contribution < 1.29 is 9.90 Å². The van der Waals surface area contributed by atoms with Crippen LogP contribution in [0.3, 0.4) is 0 Å². The fraction of sp³-hybridized carbons (Fsp3) is 0.286. The molecule has 1 N–H and O–H groups in total. The van der Waals surface area contributed by atoms with Crippen molar-refractivity contribution in [3.63, 3.8) is 0 Å². The Labute approximate surface area is 119 Å². The Hall–Kier alpha value is -1.39. The molecule has 0 spiro atoms. The molecular weight excluding hydrogens is 282 g/mol. The van der Waals surface area contributed by atoms with E-state index in [1.54, 1.807) is 0 Å². The topological polar surface area (TPSA) is 50.2 Å². The Morgan fingerprint density at radius 3 is 2.79 bits per heavy atom. The van der Waals surface area contributed by atoms with E-state index in [9.17, 15) is 4.79 Å². The molecule has 1 aromatic heterocycles. The lowest BCUT2D eigenvalue weighted by Gasteiger charge is -1.98. The first-order valence-electron chi connectivity index (χ1n) is 6.11. The summed E-state index contributed by atoms with van der Waals surface area (Å²) in [5.74, 6) is -0.363. The van der Waals surface area contributed by atoms with Gasteiger partial charge in [-0.25, -0.2) is 4.98 Å². The number of hydrogen-bond acceptors (Lipinski definition) is 3. The highest BCUT2D eigenvalue weighted by atomic mass is 35.5. The number of aliphatic carboxylic acids is 1. The van der Waals surface area contributed by atoms with E-state index < -0.39 is 5.97 Å². The average Bonchev–Trinajstić information content (AvgIpc) is 3.12. The van der Waals surface area contributed by atoms with Crippen molar-refractivity contribution in [2.75, 3.05) is 0 Å². The summed E-state index contributed by atoms with van der Waals surface area (Å²) >= 11 is 7.62. The fourth-order valence-corrected chi connectivity index (χ4v) is 3.51. The second kappa shape index (κ2) is 4.94. The lowest BCUT2D eigenvalue weighted by molar-refractivity contribution is -0.136. The number of nitrogens with zero attached hydrogens (tertiary/aromatic N) is 1. The number of aromatic nitrogens is 1.